The lowest BCUT2D eigenvalue weighted by molar-refractivity contribution is -0.349. The highest BCUT2D eigenvalue weighted by Gasteiger charge is 2.78. The lowest BCUT2D eigenvalue weighted by atomic mass is 9.44. The molecule has 4 aliphatic rings. The summed E-state index contributed by atoms with van der Waals surface area (Å²) in [5.74, 6) is -32.6. The molecule has 0 radical (unpaired) electrons. The minimum atomic E-state index is -6.70. The number of fused-ring (bicyclic) bond motifs is 5. The highest BCUT2D eigenvalue weighted by Crippen LogP contribution is 2.68. The Morgan fingerprint density at radius 1 is 0.638 bits per heavy atom. The molecule has 272 valence electrons. The van der Waals surface area contributed by atoms with Crippen LogP contribution in [0.5, 0.6) is 0 Å². The monoisotopic (exact) mass is 712 g/mol. The Labute approximate surface area is 260 Å². The van der Waals surface area contributed by atoms with Crippen molar-refractivity contribution in [2.24, 2.45) is 40.4 Å². The molecule has 0 bridgehead atoms. The second kappa shape index (κ2) is 11.5. The molecule has 4 fully saturated rings. The van der Waals surface area contributed by atoms with Crippen LogP contribution in [0.15, 0.2) is 0 Å². The topological polar surface area (TPSA) is 52.6 Å². The van der Waals surface area contributed by atoms with Crippen molar-refractivity contribution in [3.05, 3.63) is 0 Å². The van der Waals surface area contributed by atoms with E-state index in [0.29, 0.717) is 38.5 Å². The summed E-state index contributed by atoms with van der Waals surface area (Å²) in [4.78, 5) is 23.8. The number of alkyl halides is 14. The van der Waals surface area contributed by atoms with Gasteiger partial charge in [0.15, 0.2) is 0 Å². The van der Waals surface area contributed by atoms with Crippen LogP contribution in [0.1, 0.15) is 78.6 Å². The minimum Gasteiger partial charge on any atom is -0.458 e. The molecule has 47 heavy (non-hydrogen) atoms. The maximum Gasteiger partial charge on any atom is 0.460 e. The molecule has 0 N–H and O–H groups in total. The summed E-state index contributed by atoms with van der Waals surface area (Å²) in [5.41, 5.74) is -1.15. The van der Waals surface area contributed by atoms with Gasteiger partial charge in [-0.15, -0.1) is 0 Å². The molecule has 0 aromatic carbocycles. The Bertz CT molecular complexity index is 1220. The van der Waals surface area contributed by atoms with Crippen LogP contribution in [-0.2, 0) is 19.1 Å². The molecular weight excluding hydrogens is 678 g/mol. The first-order chi connectivity index (χ1) is 21.1. The first-order valence-corrected chi connectivity index (χ1v) is 15.1. The van der Waals surface area contributed by atoms with Gasteiger partial charge < -0.3 is 9.47 Å². The summed E-state index contributed by atoms with van der Waals surface area (Å²) >= 11 is 0. The zero-order chi connectivity index (χ0) is 36.0. The molecule has 0 aromatic heterocycles. The SMILES string of the molecule is C[C@H](OC(=O)C(F)(F)C(F)(F)C(F)(F)F)[C@H]1CCC2C3CC[C@H]4C[C@H](OC(=O)C(F)(F)C(F)(F)C(F)(F)F)CC[C@]4(C)C3CC[C@@]21C. The molecule has 3 unspecified atom stereocenters. The standard InChI is InChI=1S/C29H34F14O4/c1-13(46-20(44)24(30,31)26(34,35)28(38,39)40)17-6-7-18-16-5-4-14-12-15(8-10-22(14,2)19(16)9-11-23(17,18)3)47-21(45)25(32,33)27(36,37)29(41,42)43/h13-19H,4-12H2,1-3H3/t13-,14-,15+,16?,17+,18?,19?,22-,23+/m0/s1. The van der Waals surface area contributed by atoms with Gasteiger partial charge in [-0.1, -0.05) is 13.8 Å². The molecule has 0 amide bonds. The Morgan fingerprint density at radius 3 is 1.66 bits per heavy atom. The van der Waals surface area contributed by atoms with Crippen molar-refractivity contribution in [2.45, 2.75) is 127 Å². The molecule has 0 aromatic rings. The van der Waals surface area contributed by atoms with Crippen LogP contribution in [-0.4, -0.2) is 60.2 Å². The highest BCUT2D eigenvalue weighted by molar-refractivity contribution is 5.79. The van der Waals surface area contributed by atoms with Crippen molar-refractivity contribution in [3.8, 4) is 0 Å². The number of rotatable bonds is 7. The molecule has 4 saturated carbocycles. The summed E-state index contributed by atoms with van der Waals surface area (Å²) in [6.07, 6.45) is -13.3. The van der Waals surface area contributed by atoms with Gasteiger partial charge in [-0.2, -0.15) is 61.5 Å². The van der Waals surface area contributed by atoms with Crippen molar-refractivity contribution in [2.75, 3.05) is 0 Å². The molecule has 0 saturated heterocycles. The molecule has 4 nitrogen and oxygen atoms in total. The number of carbonyl (C=O) groups is 2. The average Bonchev–Trinajstić information content (AvgIpc) is 3.29. The second-order valence-corrected chi connectivity index (χ2v) is 14.1. The molecule has 0 aliphatic heterocycles. The fraction of sp³-hybridized carbons (Fsp3) is 0.931. The number of halogens is 14. The van der Waals surface area contributed by atoms with Crippen LogP contribution in [0, 0.1) is 40.4 Å². The second-order valence-electron chi connectivity index (χ2n) is 14.1. The molecule has 0 spiro atoms. The number of hydrogen-bond donors (Lipinski definition) is 0. The fourth-order valence-corrected chi connectivity index (χ4v) is 9.30. The van der Waals surface area contributed by atoms with E-state index in [1.54, 1.807) is 0 Å². The van der Waals surface area contributed by atoms with Crippen molar-refractivity contribution < 1.29 is 80.5 Å². The third-order valence-corrected chi connectivity index (χ3v) is 11.8. The van der Waals surface area contributed by atoms with Gasteiger partial charge in [0.25, 0.3) is 0 Å². The quantitative estimate of drug-likeness (QED) is 0.195. The van der Waals surface area contributed by atoms with Crippen LogP contribution in [0.2, 0.25) is 0 Å². The van der Waals surface area contributed by atoms with Crippen LogP contribution in [0.4, 0.5) is 61.5 Å². The highest BCUT2D eigenvalue weighted by atomic mass is 19.4. The summed E-state index contributed by atoms with van der Waals surface area (Å²) in [5, 5.41) is 0. The zero-order valence-electron chi connectivity index (χ0n) is 25.3. The first-order valence-electron chi connectivity index (χ1n) is 15.1. The van der Waals surface area contributed by atoms with Crippen molar-refractivity contribution in [1.82, 2.24) is 0 Å². The number of esters is 2. The Morgan fingerprint density at radius 2 is 1.13 bits per heavy atom. The van der Waals surface area contributed by atoms with Crippen molar-refractivity contribution >= 4 is 11.9 Å². The van der Waals surface area contributed by atoms with E-state index in [2.05, 4.69) is 9.47 Å². The van der Waals surface area contributed by atoms with E-state index in [1.165, 1.54) is 6.92 Å². The number of ether oxygens (including phenoxy) is 2. The van der Waals surface area contributed by atoms with Gasteiger partial charge in [0.05, 0.1) is 0 Å². The average molecular weight is 713 g/mol. The van der Waals surface area contributed by atoms with Gasteiger partial charge >= 0.3 is 48.0 Å². The van der Waals surface area contributed by atoms with Crippen LogP contribution < -0.4 is 0 Å². The molecular formula is C29H34F14O4. The Kier molecular flexibility index (Phi) is 9.25. The van der Waals surface area contributed by atoms with Gasteiger partial charge in [0.2, 0.25) is 0 Å². The van der Waals surface area contributed by atoms with E-state index in [0.717, 1.165) is 0 Å². The maximum atomic E-state index is 14.0. The smallest absolute Gasteiger partial charge is 0.458 e. The van der Waals surface area contributed by atoms with Gasteiger partial charge in [0.1, 0.15) is 12.2 Å². The van der Waals surface area contributed by atoms with Crippen LogP contribution in [0.3, 0.4) is 0 Å². The van der Waals surface area contributed by atoms with E-state index in [9.17, 15) is 71.1 Å². The Hall–Kier alpha value is -2.04. The summed E-state index contributed by atoms with van der Waals surface area (Å²) in [6, 6.07) is 0. The van der Waals surface area contributed by atoms with Gasteiger partial charge in [-0.3, -0.25) is 0 Å². The number of hydrogen-bond acceptors (Lipinski definition) is 4. The third kappa shape index (κ3) is 5.76. The Balaban J connectivity index is 1.43. The molecule has 18 heteroatoms. The van der Waals surface area contributed by atoms with E-state index < -0.39 is 76.9 Å². The van der Waals surface area contributed by atoms with E-state index >= 15 is 0 Å². The lowest BCUT2D eigenvalue weighted by Gasteiger charge is -2.61. The zero-order valence-corrected chi connectivity index (χ0v) is 25.3. The van der Waals surface area contributed by atoms with E-state index in [-0.39, 0.29) is 42.9 Å². The fourth-order valence-electron chi connectivity index (χ4n) is 9.30. The largest absolute Gasteiger partial charge is 0.460 e. The summed E-state index contributed by atoms with van der Waals surface area (Å²) < 4.78 is 193. The van der Waals surface area contributed by atoms with Crippen LogP contribution in [0.25, 0.3) is 0 Å². The first kappa shape index (κ1) is 37.8. The minimum absolute atomic E-state index is 0.00665. The predicted molar refractivity (Wildman–Crippen MR) is 133 cm³/mol. The van der Waals surface area contributed by atoms with Crippen molar-refractivity contribution in [1.29, 1.82) is 0 Å². The summed E-state index contributed by atoms with van der Waals surface area (Å²) in [6.45, 7) is 4.92. The van der Waals surface area contributed by atoms with Gasteiger partial charge in [-0.05, 0) is 99.2 Å². The van der Waals surface area contributed by atoms with E-state index in [1.807, 2.05) is 13.8 Å². The maximum absolute atomic E-state index is 14.0. The van der Waals surface area contributed by atoms with Gasteiger partial charge in [-0.25, -0.2) is 9.59 Å². The summed E-state index contributed by atoms with van der Waals surface area (Å²) in [7, 11) is 0. The lowest BCUT2D eigenvalue weighted by Crippen LogP contribution is -2.58. The molecule has 4 rings (SSSR count). The molecule has 0 heterocycles. The molecule has 4 aliphatic carbocycles. The van der Waals surface area contributed by atoms with E-state index in [4.69, 9.17) is 0 Å². The number of carbonyl (C=O) groups excluding carboxylic acids is 2. The van der Waals surface area contributed by atoms with Crippen LogP contribution >= 0.6 is 0 Å². The normalized spacial score (nSPS) is 36.1. The molecule has 9 atom stereocenters. The van der Waals surface area contributed by atoms with Gasteiger partial charge in [0, 0.05) is 5.92 Å². The predicted octanol–water partition coefficient (Wildman–Crippen LogP) is 9.15. The van der Waals surface area contributed by atoms with Crippen molar-refractivity contribution in [3.63, 3.8) is 0 Å². The third-order valence-electron chi connectivity index (χ3n) is 11.8.